The molecule has 0 saturated heterocycles. The first-order valence-corrected chi connectivity index (χ1v) is 2.58. The van der Waals surface area contributed by atoms with Crippen LogP contribution in [-0.4, -0.2) is 31.1 Å². The molecule has 0 radical (unpaired) electrons. The number of aliphatic hydroxyl groups excluding tert-OH is 1. The minimum atomic E-state index is -0.181. The monoisotopic (exact) mass is 117 g/mol. The van der Waals surface area contributed by atoms with E-state index in [1.165, 1.54) is 0 Å². The summed E-state index contributed by atoms with van der Waals surface area (Å²) >= 11 is 0. The Morgan fingerprint density at radius 2 is 2.50 bits per heavy atom. The molecular weight excluding hydrogens is 106 g/mol. The van der Waals surface area contributed by atoms with E-state index in [2.05, 4.69) is 5.32 Å². The summed E-state index contributed by atoms with van der Waals surface area (Å²) in [5, 5.41) is 11.0. The maximum absolute atomic E-state index is 9.95. The van der Waals surface area contributed by atoms with E-state index in [1.54, 1.807) is 7.05 Å². The van der Waals surface area contributed by atoms with Crippen LogP contribution in [0.3, 0.4) is 0 Å². The lowest BCUT2D eigenvalue weighted by atomic mass is 10.2. The standard InChI is InChI=1S/C5H11NO2/c1-6-5(4-8)2-3-7/h4-7H,2-3H2,1H3. The van der Waals surface area contributed by atoms with Gasteiger partial charge in [0.05, 0.1) is 6.04 Å². The Morgan fingerprint density at radius 3 is 2.62 bits per heavy atom. The minimum absolute atomic E-state index is 0.0598. The van der Waals surface area contributed by atoms with Crippen LogP contribution in [-0.2, 0) is 4.79 Å². The van der Waals surface area contributed by atoms with E-state index in [1.807, 2.05) is 0 Å². The lowest BCUT2D eigenvalue weighted by Gasteiger charge is -2.03. The number of carbonyl (C=O) groups excluding carboxylic acids is 1. The quantitative estimate of drug-likeness (QED) is 0.472. The highest BCUT2D eigenvalue weighted by Crippen LogP contribution is 1.82. The van der Waals surface area contributed by atoms with Gasteiger partial charge in [0.2, 0.25) is 0 Å². The molecule has 1 atom stereocenters. The molecule has 0 aromatic heterocycles. The Labute approximate surface area is 48.7 Å². The van der Waals surface area contributed by atoms with E-state index in [-0.39, 0.29) is 12.6 Å². The van der Waals surface area contributed by atoms with Crippen molar-refractivity contribution in [3.63, 3.8) is 0 Å². The number of aldehydes is 1. The number of aliphatic hydroxyl groups is 1. The fourth-order valence-electron chi connectivity index (χ4n) is 0.420. The second kappa shape index (κ2) is 4.74. The highest BCUT2D eigenvalue weighted by atomic mass is 16.3. The van der Waals surface area contributed by atoms with Gasteiger partial charge in [-0.15, -0.1) is 0 Å². The van der Waals surface area contributed by atoms with Gasteiger partial charge < -0.3 is 15.2 Å². The van der Waals surface area contributed by atoms with Gasteiger partial charge in [-0.25, -0.2) is 0 Å². The van der Waals surface area contributed by atoms with Gasteiger partial charge >= 0.3 is 0 Å². The predicted octanol–water partition coefficient (Wildman–Crippen LogP) is -0.844. The highest BCUT2D eigenvalue weighted by Gasteiger charge is 1.99. The van der Waals surface area contributed by atoms with Crippen LogP contribution < -0.4 is 5.32 Å². The van der Waals surface area contributed by atoms with E-state index in [0.717, 1.165) is 6.29 Å². The van der Waals surface area contributed by atoms with Crippen LogP contribution in [0.4, 0.5) is 0 Å². The maximum atomic E-state index is 9.95. The lowest BCUT2D eigenvalue weighted by Crippen LogP contribution is -2.27. The zero-order chi connectivity index (χ0) is 6.41. The van der Waals surface area contributed by atoms with Crippen molar-refractivity contribution in [1.29, 1.82) is 0 Å². The third-order valence-corrected chi connectivity index (χ3v) is 0.975. The molecule has 0 saturated carbocycles. The largest absolute Gasteiger partial charge is 0.396 e. The Hall–Kier alpha value is -0.410. The second-order valence-electron chi connectivity index (χ2n) is 1.54. The van der Waals surface area contributed by atoms with Crippen LogP contribution >= 0.6 is 0 Å². The van der Waals surface area contributed by atoms with E-state index in [4.69, 9.17) is 5.11 Å². The van der Waals surface area contributed by atoms with Crippen LogP contribution in [0.1, 0.15) is 6.42 Å². The van der Waals surface area contributed by atoms with Crippen molar-refractivity contribution in [2.75, 3.05) is 13.7 Å². The number of carbonyl (C=O) groups is 1. The molecule has 0 bridgehead atoms. The fourth-order valence-corrected chi connectivity index (χ4v) is 0.420. The van der Waals surface area contributed by atoms with Crippen molar-refractivity contribution in [3.05, 3.63) is 0 Å². The molecule has 3 nitrogen and oxygen atoms in total. The van der Waals surface area contributed by atoms with Crippen molar-refractivity contribution in [1.82, 2.24) is 5.32 Å². The Bertz CT molecular complexity index is 65.4. The minimum Gasteiger partial charge on any atom is -0.396 e. The number of nitrogens with one attached hydrogen (secondary N) is 1. The van der Waals surface area contributed by atoms with Gasteiger partial charge in [0, 0.05) is 6.61 Å². The van der Waals surface area contributed by atoms with Crippen molar-refractivity contribution in [2.45, 2.75) is 12.5 Å². The number of hydrogen-bond acceptors (Lipinski definition) is 3. The summed E-state index contributed by atoms with van der Waals surface area (Å²) in [6.45, 7) is 0.0598. The summed E-state index contributed by atoms with van der Waals surface area (Å²) < 4.78 is 0. The van der Waals surface area contributed by atoms with E-state index in [0.29, 0.717) is 6.42 Å². The molecule has 1 unspecified atom stereocenters. The molecule has 0 heterocycles. The van der Waals surface area contributed by atoms with Crippen LogP contribution in [0, 0.1) is 0 Å². The smallest absolute Gasteiger partial charge is 0.136 e. The Balaban J connectivity index is 3.21. The zero-order valence-electron chi connectivity index (χ0n) is 4.92. The van der Waals surface area contributed by atoms with Crippen molar-refractivity contribution >= 4 is 6.29 Å². The van der Waals surface area contributed by atoms with Gasteiger partial charge in [-0.3, -0.25) is 0 Å². The summed E-state index contributed by atoms with van der Waals surface area (Å²) in [7, 11) is 1.69. The van der Waals surface area contributed by atoms with E-state index < -0.39 is 0 Å². The molecule has 0 aromatic carbocycles. The van der Waals surface area contributed by atoms with Crippen molar-refractivity contribution in [3.8, 4) is 0 Å². The molecule has 3 heteroatoms. The number of rotatable bonds is 4. The topological polar surface area (TPSA) is 49.3 Å². The molecule has 0 rings (SSSR count). The molecular formula is C5H11NO2. The van der Waals surface area contributed by atoms with Crippen LogP contribution in [0.15, 0.2) is 0 Å². The van der Waals surface area contributed by atoms with Crippen LogP contribution in [0.5, 0.6) is 0 Å². The normalized spacial score (nSPS) is 13.2. The molecule has 48 valence electrons. The second-order valence-corrected chi connectivity index (χ2v) is 1.54. The molecule has 2 N–H and O–H groups in total. The molecule has 0 amide bonds. The molecule has 0 fully saturated rings. The number of hydrogen-bond donors (Lipinski definition) is 2. The lowest BCUT2D eigenvalue weighted by molar-refractivity contribution is -0.109. The van der Waals surface area contributed by atoms with Gasteiger partial charge in [-0.05, 0) is 13.5 Å². The predicted molar refractivity (Wildman–Crippen MR) is 30.6 cm³/mol. The molecule has 0 aliphatic carbocycles. The van der Waals surface area contributed by atoms with E-state index in [9.17, 15) is 4.79 Å². The Kier molecular flexibility index (Phi) is 4.50. The van der Waals surface area contributed by atoms with Crippen molar-refractivity contribution in [2.24, 2.45) is 0 Å². The average Bonchev–Trinajstić information content (AvgIpc) is 1.83. The first-order chi connectivity index (χ1) is 3.85. The van der Waals surface area contributed by atoms with Gasteiger partial charge in [0.15, 0.2) is 0 Å². The molecule has 8 heavy (non-hydrogen) atoms. The van der Waals surface area contributed by atoms with Gasteiger partial charge in [-0.2, -0.15) is 0 Å². The summed E-state index contributed by atoms with van der Waals surface area (Å²) in [6, 6.07) is -0.181. The molecule has 0 aliphatic rings. The third kappa shape index (κ3) is 2.71. The SMILES string of the molecule is CNC(C=O)CCO. The van der Waals surface area contributed by atoms with Crippen LogP contribution in [0.2, 0.25) is 0 Å². The molecule has 0 aliphatic heterocycles. The summed E-state index contributed by atoms with van der Waals surface area (Å²) in [6.07, 6.45) is 1.29. The molecule has 0 aromatic rings. The zero-order valence-corrected chi connectivity index (χ0v) is 4.92. The first-order valence-electron chi connectivity index (χ1n) is 2.58. The first kappa shape index (κ1) is 7.59. The summed E-state index contributed by atoms with van der Waals surface area (Å²) in [5.74, 6) is 0. The number of likely N-dealkylation sites (N-methyl/N-ethyl adjacent to an activating group) is 1. The highest BCUT2D eigenvalue weighted by molar-refractivity contribution is 5.57. The van der Waals surface area contributed by atoms with E-state index >= 15 is 0 Å². The van der Waals surface area contributed by atoms with Gasteiger partial charge in [0.1, 0.15) is 6.29 Å². The summed E-state index contributed by atoms with van der Waals surface area (Å²) in [4.78, 5) is 9.95. The van der Waals surface area contributed by atoms with Crippen molar-refractivity contribution < 1.29 is 9.90 Å². The van der Waals surface area contributed by atoms with Gasteiger partial charge in [-0.1, -0.05) is 0 Å². The maximum Gasteiger partial charge on any atom is 0.136 e. The Morgan fingerprint density at radius 1 is 1.88 bits per heavy atom. The summed E-state index contributed by atoms with van der Waals surface area (Å²) in [5.41, 5.74) is 0. The average molecular weight is 117 g/mol. The van der Waals surface area contributed by atoms with Gasteiger partial charge in [0.25, 0.3) is 0 Å². The fraction of sp³-hybridized carbons (Fsp3) is 0.800. The molecule has 0 spiro atoms. The third-order valence-electron chi connectivity index (χ3n) is 0.975. The van der Waals surface area contributed by atoms with Crippen LogP contribution in [0.25, 0.3) is 0 Å².